The van der Waals surface area contributed by atoms with Crippen molar-refractivity contribution in [2.24, 2.45) is 4.99 Å². The number of rotatable bonds is 8. The van der Waals surface area contributed by atoms with Gasteiger partial charge in [-0.25, -0.2) is 4.79 Å². The van der Waals surface area contributed by atoms with Crippen LogP contribution in [0.1, 0.15) is 67.5 Å². The molecule has 0 bridgehead atoms. The van der Waals surface area contributed by atoms with Gasteiger partial charge in [0.2, 0.25) is 6.29 Å². The van der Waals surface area contributed by atoms with Crippen molar-refractivity contribution in [3.05, 3.63) is 88.7 Å². The van der Waals surface area contributed by atoms with E-state index in [9.17, 15) is 4.79 Å². The van der Waals surface area contributed by atoms with Crippen LogP contribution in [0, 0.1) is 6.92 Å². The smallest absolute Gasteiger partial charge is 0.341 e. The van der Waals surface area contributed by atoms with Crippen molar-refractivity contribution in [3.8, 4) is 0 Å². The van der Waals surface area contributed by atoms with Gasteiger partial charge in [-0.1, -0.05) is 63.2 Å². The number of hydrogen-bond donors (Lipinski definition) is 0. The largest absolute Gasteiger partial charge is 0.452 e. The summed E-state index contributed by atoms with van der Waals surface area (Å²) >= 11 is 0. The highest BCUT2D eigenvalue weighted by molar-refractivity contribution is 6.18. The van der Waals surface area contributed by atoms with Crippen molar-refractivity contribution in [1.82, 2.24) is 9.78 Å². The van der Waals surface area contributed by atoms with Crippen LogP contribution in [0.4, 0.5) is 0 Å². The number of carbonyl (C=O) groups is 1. The van der Waals surface area contributed by atoms with Crippen molar-refractivity contribution in [2.75, 3.05) is 7.05 Å². The molecule has 0 radical (unpaired) electrons. The van der Waals surface area contributed by atoms with Crippen LogP contribution in [-0.2, 0) is 21.4 Å². The second-order valence-corrected chi connectivity index (χ2v) is 9.40. The molecule has 0 spiro atoms. The molecule has 3 rings (SSSR count). The SMILES string of the molecule is CCn1nc(C)cc1/C(OC(C)OC(=O)c1ccccc1)=C(\C=NC)c1ccc(C(C)(C)C)cc1. The minimum atomic E-state index is -0.840. The van der Waals surface area contributed by atoms with E-state index >= 15 is 0 Å². The molecule has 0 aliphatic carbocycles. The molecule has 35 heavy (non-hydrogen) atoms. The zero-order valence-electron chi connectivity index (χ0n) is 21.7. The number of allylic oxidation sites excluding steroid dienone is 1. The lowest BCUT2D eigenvalue weighted by molar-refractivity contribution is -0.0514. The van der Waals surface area contributed by atoms with Gasteiger partial charge in [0.15, 0.2) is 5.76 Å². The Bertz CT molecular complexity index is 1200. The highest BCUT2D eigenvalue weighted by atomic mass is 16.7. The van der Waals surface area contributed by atoms with E-state index < -0.39 is 12.3 Å². The molecule has 0 amide bonds. The van der Waals surface area contributed by atoms with Crippen molar-refractivity contribution in [1.29, 1.82) is 0 Å². The quantitative estimate of drug-likeness (QED) is 0.167. The lowest BCUT2D eigenvalue weighted by Gasteiger charge is -2.22. The van der Waals surface area contributed by atoms with E-state index in [1.807, 2.05) is 30.7 Å². The predicted molar refractivity (Wildman–Crippen MR) is 141 cm³/mol. The summed E-state index contributed by atoms with van der Waals surface area (Å²) in [6, 6.07) is 19.2. The van der Waals surface area contributed by atoms with Crippen molar-refractivity contribution >= 4 is 23.5 Å². The van der Waals surface area contributed by atoms with E-state index in [-0.39, 0.29) is 5.41 Å². The summed E-state index contributed by atoms with van der Waals surface area (Å²) in [5, 5.41) is 4.60. The van der Waals surface area contributed by atoms with Crippen LogP contribution in [0.15, 0.2) is 65.7 Å². The fourth-order valence-electron chi connectivity index (χ4n) is 3.76. The molecule has 6 heteroatoms. The van der Waals surface area contributed by atoms with Gasteiger partial charge >= 0.3 is 5.97 Å². The third-order valence-electron chi connectivity index (χ3n) is 5.57. The second-order valence-electron chi connectivity index (χ2n) is 9.40. The number of hydrogen-bond acceptors (Lipinski definition) is 5. The molecule has 0 saturated carbocycles. The molecule has 0 aliphatic rings. The Balaban J connectivity index is 2.07. The molecular weight excluding hydrogens is 438 g/mol. The van der Waals surface area contributed by atoms with Crippen LogP contribution in [0.3, 0.4) is 0 Å². The fourth-order valence-corrected chi connectivity index (χ4v) is 3.76. The van der Waals surface area contributed by atoms with E-state index in [0.29, 0.717) is 17.9 Å². The fraction of sp³-hybridized carbons (Fsp3) is 0.345. The van der Waals surface area contributed by atoms with Crippen LogP contribution in [-0.4, -0.2) is 35.3 Å². The molecule has 1 heterocycles. The molecule has 0 fully saturated rings. The van der Waals surface area contributed by atoms with Gasteiger partial charge in [0.1, 0.15) is 5.69 Å². The van der Waals surface area contributed by atoms with Gasteiger partial charge in [-0.05, 0) is 48.6 Å². The Hall–Kier alpha value is -3.67. The van der Waals surface area contributed by atoms with Gasteiger partial charge in [-0.3, -0.25) is 9.67 Å². The third kappa shape index (κ3) is 6.47. The molecule has 0 N–H and O–H groups in total. The Morgan fingerprint density at radius 2 is 1.71 bits per heavy atom. The topological polar surface area (TPSA) is 65.7 Å². The number of nitrogens with zero attached hydrogens (tertiary/aromatic N) is 3. The lowest BCUT2D eigenvalue weighted by Crippen LogP contribution is -2.19. The minimum Gasteiger partial charge on any atom is -0.452 e. The highest BCUT2D eigenvalue weighted by Crippen LogP contribution is 2.31. The Kier molecular flexibility index (Phi) is 8.28. The van der Waals surface area contributed by atoms with Crippen LogP contribution in [0.2, 0.25) is 0 Å². The summed E-state index contributed by atoms with van der Waals surface area (Å²) in [4.78, 5) is 16.9. The average Bonchev–Trinajstić information content (AvgIpc) is 3.21. The monoisotopic (exact) mass is 473 g/mol. The summed E-state index contributed by atoms with van der Waals surface area (Å²) in [6.45, 7) is 12.9. The van der Waals surface area contributed by atoms with E-state index in [1.54, 1.807) is 44.5 Å². The summed E-state index contributed by atoms with van der Waals surface area (Å²) in [7, 11) is 1.72. The summed E-state index contributed by atoms with van der Waals surface area (Å²) in [5.74, 6) is 0.104. The number of carbonyl (C=O) groups excluding carboxylic acids is 1. The summed E-state index contributed by atoms with van der Waals surface area (Å²) in [5.41, 5.74) is 5.13. The number of esters is 1. The number of aliphatic imine (C=N–C) groups is 1. The second kappa shape index (κ2) is 11.2. The zero-order valence-corrected chi connectivity index (χ0v) is 21.7. The maximum Gasteiger partial charge on any atom is 0.341 e. The van der Waals surface area contributed by atoms with Gasteiger partial charge in [0.25, 0.3) is 0 Å². The first kappa shape index (κ1) is 25.9. The summed E-state index contributed by atoms with van der Waals surface area (Å²) < 4.78 is 13.8. The molecule has 0 aliphatic heterocycles. The summed E-state index contributed by atoms with van der Waals surface area (Å²) in [6.07, 6.45) is 0.933. The van der Waals surface area contributed by atoms with E-state index in [1.165, 1.54) is 5.56 Å². The molecular formula is C29H35N3O3. The molecule has 1 unspecified atom stereocenters. The van der Waals surface area contributed by atoms with Gasteiger partial charge in [-0.2, -0.15) is 5.10 Å². The Labute approximate surface area is 208 Å². The molecule has 2 aromatic carbocycles. The zero-order chi connectivity index (χ0) is 25.6. The standard InChI is InChI=1S/C29H35N3O3/c1-8-32-26(18-20(2)31-32)27(34-21(3)35-28(33)23-12-10-9-11-13-23)25(19-30-7)22-14-16-24(17-15-22)29(4,5)6/h9-19,21H,8H2,1-7H3/b27-25-,30-19?. The first-order valence-electron chi connectivity index (χ1n) is 11.9. The molecule has 1 atom stereocenters. The Morgan fingerprint density at radius 3 is 2.29 bits per heavy atom. The van der Waals surface area contributed by atoms with Crippen molar-refractivity contribution < 1.29 is 14.3 Å². The van der Waals surface area contributed by atoms with Gasteiger partial charge < -0.3 is 9.47 Å². The predicted octanol–water partition coefficient (Wildman–Crippen LogP) is 6.30. The number of ether oxygens (including phenoxy) is 2. The first-order valence-corrected chi connectivity index (χ1v) is 11.9. The maximum atomic E-state index is 12.6. The number of benzene rings is 2. The third-order valence-corrected chi connectivity index (χ3v) is 5.57. The van der Waals surface area contributed by atoms with E-state index in [2.05, 4.69) is 55.1 Å². The normalized spacial score (nSPS) is 13.5. The number of aryl methyl sites for hydroxylation is 2. The first-order chi connectivity index (χ1) is 16.6. The Morgan fingerprint density at radius 1 is 1.06 bits per heavy atom. The number of aromatic nitrogens is 2. The lowest BCUT2D eigenvalue weighted by atomic mass is 9.86. The van der Waals surface area contributed by atoms with Crippen LogP contribution in [0.25, 0.3) is 11.3 Å². The molecule has 184 valence electrons. The maximum absolute atomic E-state index is 12.6. The van der Waals surface area contributed by atoms with Crippen molar-refractivity contribution in [2.45, 2.75) is 59.8 Å². The van der Waals surface area contributed by atoms with Crippen molar-refractivity contribution in [3.63, 3.8) is 0 Å². The molecule has 3 aromatic rings. The highest BCUT2D eigenvalue weighted by Gasteiger charge is 2.22. The minimum absolute atomic E-state index is 0.0404. The van der Waals surface area contributed by atoms with Gasteiger partial charge in [0, 0.05) is 32.3 Å². The van der Waals surface area contributed by atoms with Crippen LogP contribution in [0.5, 0.6) is 0 Å². The van der Waals surface area contributed by atoms with Gasteiger partial charge in [0.05, 0.1) is 11.3 Å². The van der Waals surface area contributed by atoms with E-state index in [4.69, 9.17) is 9.47 Å². The molecule has 6 nitrogen and oxygen atoms in total. The van der Waals surface area contributed by atoms with Crippen LogP contribution >= 0.6 is 0 Å². The molecule has 0 saturated heterocycles. The average molecular weight is 474 g/mol. The van der Waals surface area contributed by atoms with E-state index in [0.717, 1.165) is 22.5 Å². The van der Waals surface area contributed by atoms with Crippen LogP contribution < -0.4 is 0 Å². The van der Waals surface area contributed by atoms with Gasteiger partial charge in [-0.15, -0.1) is 0 Å². The molecule has 1 aromatic heterocycles.